The highest BCUT2D eigenvalue weighted by atomic mass is 16.3. The van der Waals surface area contributed by atoms with E-state index in [2.05, 4.69) is 217 Å². The fourth-order valence-electron chi connectivity index (χ4n) is 10.8. The smallest absolute Gasteiger partial charge is 0.135 e. The van der Waals surface area contributed by atoms with Gasteiger partial charge in [-0.3, -0.25) is 0 Å². The van der Waals surface area contributed by atoms with Gasteiger partial charge in [0.15, 0.2) is 0 Å². The van der Waals surface area contributed by atoms with Crippen LogP contribution in [-0.4, -0.2) is 4.57 Å². The van der Waals surface area contributed by atoms with Crippen molar-refractivity contribution >= 4 is 108 Å². The van der Waals surface area contributed by atoms with Crippen molar-refractivity contribution < 1.29 is 4.42 Å². The van der Waals surface area contributed by atoms with Gasteiger partial charge in [0.25, 0.3) is 0 Å². The van der Waals surface area contributed by atoms with Crippen LogP contribution in [0.4, 0.5) is 0 Å². The molecule has 2 nitrogen and oxygen atoms in total. The second-order valence-electron chi connectivity index (χ2n) is 16.8. The number of hydrogen-bond acceptors (Lipinski definition) is 1. The normalized spacial score (nSPS) is 12.2. The summed E-state index contributed by atoms with van der Waals surface area (Å²) in [5.41, 5.74) is 10.2. The Labute approximate surface area is 356 Å². The molecule has 0 aliphatic rings. The number of fused-ring (bicyclic) bond motifs is 17. The van der Waals surface area contributed by atoms with E-state index in [0.29, 0.717) is 0 Å². The van der Waals surface area contributed by atoms with Crippen LogP contribution in [0.5, 0.6) is 0 Å². The van der Waals surface area contributed by atoms with Crippen LogP contribution in [0.2, 0.25) is 0 Å². The standard InChI is InChI=1S/C60H35NO/c1-2-15-42(16-3-1)61-53-28-23-36-12-4-7-17-43(36)59(53)60-54(61)29-27-49-47-26-22-37(33-50(47)46-20-10-11-21-48(46)58(49)60)38-24-30-55-51(34-38)52-35-41(25-31-56(52)62-55)57-44-18-8-5-13-39(44)32-40-14-6-9-19-45(40)57/h1-35H. The van der Waals surface area contributed by atoms with E-state index in [1.165, 1.54) is 109 Å². The third-order valence-electron chi connectivity index (χ3n) is 13.5. The van der Waals surface area contributed by atoms with E-state index >= 15 is 0 Å². The molecule has 62 heavy (non-hydrogen) atoms. The molecule has 14 rings (SSSR count). The van der Waals surface area contributed by atoms with Crippen LogP contribution < -0.4 is 0 Å². The van der Waals surface area contributed by atoms with Gasteiger partial charge in [0.1, 0.15) is 11.2 Å². The Bertz CT molecular complexity index is 4130. The van der Waals surface area contributed by atoms with Crippen molar-refractivity contribution in [1.29, 1.82) is 0 Å². The highest BCUT2D eigenvalue weighted by molar-refractivity contribution is 6.38. The van der Waals surface area contributed by atoms with Gasteiger partial charge in [-0.05, 0) is 142 Å². The van der Waals surface area contributed by atoms with Gasteiger partial charge < -0.3 is 8.98 Å². The van der Waals surface area contributed by atoms with Crippen molar-refractivity contribution in [3.8, 4) is 27.9 Å². The molecule has 14 aromatic rings. The minimum Gasteiger partial charge on any atom is -0.456 e. The summed E-state index contributed by atoms with van der Waals surface area (Å²) in [4.78, 5) is 0. The molecular weight excluding hydrogens is 751 g/mol. The largest absolute Gasteiger partial charge is 0.456 e. The summed E-state index contributed by atoms with van der Waals surface area (Å²) in [5, 5.41) is 20.0. The first-order valence-corrected chi connectivity index (χ1v) is 21.4. The summed E-state index contributed by atoms with van der Waals surface area (Å²) < 4.78 is 8.95. The molecule has 0 bridgehead atoms. The van der Waals surface area contributed by atoms with Crippen molar-refractivity contribution in [3.05, 3.63) is 212 Å². The minimum atomic E-state index is 0.895. The van der Waals surface area contributed by atoms with E-state index < -0.39 is 0 Å². The lowest BCUT2D eigenvalue weighted by atomic mass is 9.89. The summed E-state index contributed by atoms with van der Waals surface area (Å²) >= 11 is 0. The number of aromatic nitrogens is 1. The second-order valence-corrected chi connectivity index (χ2v) is 16.8. The summed E-state index contributed by atoms with van der Waals surface area (Å²) in [6.45, 7) is 0. The van der Waals surface area contributed by atoms with E-state index in [9.17, 15) is 0 Å². The van der Waals surface area contributed by atoms with Gasteiger partial charge in [-0.1, -0.05) is 152 Å². The Hall–Kier alpha value is -8.20. The lowest BCUT2D eigenvalue weighted by molar-refractivity contribution is 0.669. The first-order chi connectivity index (χ1) is 30.7. The molecule has 0 aliphatic heterocycles. The summed E-state index contributed by atoms with van der Waals surface area (Å²) in [6, 6.07) is 78.1. The fourth-order valence-corrected chi connectivity index (χ4v) is 10.8. The Morgan fingerprint density at radius 2 is 0.774 bits per heavy atom. The topological polar surface area (TPSA) is 18.1 Å². The Morgan fingerprint density at radius 1 is 0.274 bits per heavy atom. The maximum absolute atomic E-state index is 6.51. The zero-order valence-electron chi connectivity index (χ0n) is 33.6. The first-order valence-electron chi connectivity index (χ1n) is 21.4. The Kier molecular flexibility index (Phi) is 6.86. The first kappa shape index (κ1) is 33.6. The van der Waals surface area contributed by atoms with Crippen molar-refractivity contribution in [2.75, 3.05) is 0 Å². The van der Waals surface area contributed by atoms with Gasteiger partial charge in [-0.25, -0.2) is 0 Å². The Morgan fingerprint density at radius 3 is 1.52 bits per heavy atom. The molecule has 0 N–H and O–H groups in total. The number of benzene rings is 12. The molecule has 0 atom stereocenters. The average Bonchev–Trinajstić information content (AvgIpc) is 3.88. The maximum Gasteiger partial charge on any atom is 0.135 e. The fraction of sp³-hybridized carbons (Fsp3) is 0. The number of para-hydroxylation sites is 1. The van der Waals surface area contributed by atoms with E-state index in [1.807, 2.05) is 0 Å². The van der Waals surface area contributed by atoms with E-state index in [-0.39, 0.29) is 0 Å². The summed E-state index contributed by atoms with van der Waals surface area (Å²) in [7, 11) is 0. The second kappa shape index (κ2) is 12.7. The third-order valence-corrected chi connectivity index (χ3v) is 13.5. The lowest BCUT2D eigenvalue weighted by Crippen LogP contribution is -1.93. The van der Waals surface area contributed by atoms with Crippen molar-refractivity contribution in [2.45, 2.75) is 0 Å². The van der Waals surface area contributed by atoms with E-state index in [0.717, 1.165) is 27.6 Å². The highest BCUT2D eigenvalue weighted by Gasteiger charge is 2.21. The molecule has 0 fully saturated rings. The van der Waals surface area contributed by atoms with Crippen LogP contribution in [0.1, 0.15) is 0 Å². The zero-order chi connectivity index (χ0) is 40.5. The number of rotatable bonds is 3. The third kappa shape index (κ3) is 4.69. The molecule has 0 radical (unpaired) electrons. The number of hydrogen-bond donors (Lipinski definition) is 0. The minimum absolute atomic E-state index is 0.895. The van der Waals surface area contributed by atoms with Crippen LogP contribution in [0, 0.1) is 0 Å². The quantitative estimate of drug-likeness (QED) is 0.129. The van der Waals surface area contributed by atoms with Gasteiger partial charge >= 0.3 is 0 Å². The summed E-state index contributed by atoms with van der Waals surface area (Å²) in [6.07, 6.45) is 0. The molecule has 0 saturated carbocycles. The molecule has 0 saturated heterocycles. The van der Waals surface area contributed by atoms with Crippen LogP contribution in [0.3, 0.4) is 0 Å². The molecule has 286 valence electrons. The van der Waals surface area contributed by atoms with Crippen LogP contribution in [0.15, 0.2) is 217 Å². The van der Waals surface area contributed by atoms with Gasteiger partial charge in [-0.15, -0.1) is 0 Å². The number of nitrogens with zero attached hydrogens (tertiary/aromatic N) is 1. The molecule has 0 spiro atoms. The van der Waals surface area contributed by atoms with Crippen molar-refractivity contribution in [1.82, 2.24) is 4.57 Å². The molecule has 2 heteroatoms. The number of furan rings is 1. The van der Waals surface area contributed by atoms with Crippen LogP contribution in [0.25, 0.3) is 136 Å². The molecule has 0 aliphatic carbocycles. The SMILES string of the molecule is c1ccc(-n2c3ccc4ccccc4c3c3c4c5ccccc5c5cc(-c6ccc7oc8ccc(-c9c%10ccccc%10cc%10ccccc9%10)cc8c7c6)ccc5c4ccc32)cc1. The monoisotopic (exact) mass is 785 g/mol. The van der Waals surface area contributed by atoms with Crippen molar-refractivity contribution in [3.63, 3.8) is 0 Å². The molecular formula is C60H35NO. The van der Waals surface area contributed by atoms with Gasteiger partial charge in [0.05, 0.1) is 11.0 Å². The van der Waals surface area contributed by atoms with E-state index in [1.54, 1.807) is 0 Å². The predicted octanol–water partition coefficient (Wildman–Crippen LogP) is 16.9. The van der Waals surface area contributed by atoms with Gasteiger partial charge in [0.2, 0.25) is 0 Å². The van der Waals surface area contributed by atoms with E-state index in [4.69, 9.17) is 4.42 Å². The molecule has 2 aromatic heterocycles. The molecule has 12 aromatic carbocycles. The van der Waals surface area contributed by atoms with Gasteiger partial charge in [0, 0.05) is 32.6 Å². The molecule has 0 amide bonds. The molecule has 2 heterocycles. The maximum atomic E-state index is 6.51. The molecule has 0 unspecified atom stereocenters. The predicted molar refractivity (Wildman–Crippen MR) is 264 cm³/mol. The van der Waals surface area contributed by atoms with Crippen LogP contribution in [-0.2, 0) is 0 Å². The summed E-state index contributed by atoms with van der Waals surface area (Å²) in [5.74, 6) is 0. The highest BCUT2D eigenvalue weighted by Crippen LogP contribution is 2.46. The lowest BCUT2D eigenvalue weighted by Gasteiger charge is -2.14. The van der Waals surface area contributed by atoms with Crippen molar-refractivity contribution in [2.24, 2.45) is 0 Å². The Balaban J connectivity index is 0.998. The van der Waals surface area contributed by atoms with Gasteiger partial charge in [-0.2, -0.15) is 0 Å². The van der Waals surface area contributed by atoms with Crippen LogP contribution >= 0.6 is 0 Å². The average molecular weight is 786 g/mol. The zero-order valence-corrected chi connectivity index (χ0v) is 33.6.